The van der Waals surface area contributed by atoms with Gasteiger partial charge in [-0.25, -0.2) is 8.42 Å². The van der Waals surface area contributed by atoms with Gasteiger partial charge in [0.1, 0.15) is 0 Å². The lowest BCUT2D eigenvalue weighted by Gasteiger charge is -2.23. The van der Waals surface area contributed by atoms with Gasteiger partial charge < -0.3 is 5.32 Å². The SMILES string of the molecule is Cn1cc(C(=O)NC2CCCS(=O)(=O)C2)c(C(C)(C)C)n1. The molecule has 2 heterocycles. The lowest BCUT2D eigenvalue weighted by atomic mass is 9.89. The second-order valence-corrected chi connectivity index (χ2v) is 8.97. The van der Waals surface area contributed by atoms with E-state index in [0.717, 1.165) is 5.69 Å². The molecule has 0 bridgehead atoms. The molecule has 1 atom stereocenters. The molecule has 1 unspecified atom stereocenters. The molecule has 1 aromatic rings. The summed E-state index contributed by atoms with van der Waals surface area (Å²) in [5, 5.41) is 7.21. The Morgan fingerprint density at radius 2 is 2.10 bits per heavy atom. The summed E-state index contributed by atoms with van der Waals surface area (Å²) >= 11 is 0. The second-order valence-electron chi connectivity index (χ2n) is 6.74. The van der Waals surface area contributed by atoms with Crippen LogP contribution in [0, 0.1) is 0 Å². The van der Waals surface area contributed by atoms with Crippen LogP contribution in [0.4, 0.5) is 0 Å². The summed E-state index contributed by atoms with van der Waals surface area (Å²) in [7, 11) is -1.25. The average molecular weight is 313 g/mol. The Hall–Kier alpha value is -1.37. The van der Waals surface area contributed by atoms with Crippen molar-refractivity contribution in [2.24, 2.45) is 7.05 Å². The molecule has 0 spiro atoms. The van der Waals surface area contributed by atoms with Gasteiger partial charge in [0, 0.05) is 24.7 Å². The second kappa shape index (κ2) is 5.44. The number of hydrogen-bond acceptors (Lipinski definition) is 4. The van der Waals surface area contributed by atoms with Crippen molar-refractivity contribution in [1.29, 1.82) is 0 Å². The molecule has 1 aromatic heterocycles. The first-order valence-electron chi connectivity index (χ1n) is 7.14. The Morgan fingerprint density at radius 1 is 1.43 bits per heavy atom. The fourth-order valence-electron chi connectivity index (χ4n) is 2.61. The smallest absolute Gasteiger partial charge is 0.255 e. The van der Waals surface area contributed by atoms with Crippen molar-refractivity contribution in [1.82, 2.24) is 15.1 Å². The van der Waals surface area contributed by atoms with Crippen LogP contribution >= 0.6 is 0 Å². The molecule has 1 fully saturated rings. The molecule has 0 aliphatic carbocycles. The molecule has 0 saturated carbocycles. The van der Waals surface area contributed by atoms with E-state index in [4.69, 9.17) is 0 Å². The maximum absolute atomic E-state index is 12.4. The molecule has 118 valence electrons. The molecule has 1 amide bonds. The van der Waals surface area contributed by atoms with E-state index in [-0.39, 0.29) is 28.9 Å². The minimum atomic E-state index is -3.03. The number of hydrogen-bond donors (Lipinski definition) is 1. The van der Waals surface area contributed by atoms with Gasteiger partial charge in [0.15, 0.2) is 9.84 Å². The molecular formula is C14H23N3O3S. The van der Waals surface area contributed by atoms with Crippen molar-refractivity contribution in [2.75, 3.05) is 11.5 Å². The van der Waals surface area contributed by atoms with Crippen molar-refractivity contribution >= 4 is 15.7 Å². The van der Waals surface area contributed by atoms with Gasteiger partial charge in [-0.1, -0.05) is 20.8 Å². The molecular weight excluding hydrogens is 290 g/mol. The minimum absolute atomic E-state index is 0.0316. The van der Waals surface area contributed by atoms with E-state index in [2.05, 4.69) is 10.4 Å². The molecule has 0 radical (unpaired) electrons. The van der Waals surface area contributed by atoms with E-state index in [1.807, 2.05) is 20.8 Å². The summed E-state index contributed by atoms with van der Waals surface area (Å²) in [5.41, 5.74) is 1.00. The van der Waals surface area contributed by atoms with Crippen molar-refractivity contribution in [2.45, 2.75) is 45.1 Å². The minimum Gasteiger partial charge on any atom is -0.348 e. The monoisotopic (exact) mass is 313 g/mol. The van der Waals surface area contributed by atoms with Gasteiger partial charge >= 0.3 is 0 Å². The van der Waals surface area contributed by atoms with Crippen molar-refractivity contribution in [3.63, 3.8) is 0 Å². The number of sulfone groups is 1. The van der Waals surface area contributed by atoms with Gasteiger partial charge in [-0.3, -0.25) is 9.48 Å². The number of nitrogens with zero attached hydrogens (tertiary/aromatic N) is 2. The van der Waals surface area contributed by atoms with E-state index >= 15 is 0 Å². The summed E-state index contributed by atoms with van der Waals surface area (Å²) in [4.78, 5) is 12.4. The normalized spacial score (nSPS) is 22.0. The van der Waals surface area contributed by atoms with E-state index in [1.165, 1.54) is 0 Å². The van der Waals surface area contributed by atoms with E-state index in [0.29, 0.717) is 18.4 Å². The van der Waals surface area contributed by atoms with Crippen LogP contribution < -0.4 is 5.32 Å². The molecule has 1 N–H and O–H groups in total. The van der Waals surface area contributed by atoms with Crippen LogP contribution in [0.25, 0.3) is 0 Å². The highest BCUT2D eigenvalue weighted by atomic mass is 32.2. The highest BCUT2D eigenvalue weighted by molar-refractivity contribution is 7.91. The first-order chi connectivity index (χ1) is 9.58. The Bertz CT molecular complexity index is 641. The quantitative estimate of drug-likeness (QED) is 0.884. The zero-order valence-corrected chi connectivity index (χ0v) is 13.8. The topological polar surface area (TPSA) is 81.1 Å². The van der Waals surface area contributed by atoms with Gasteiger partial charge in [-0.2, -0.15) is 5.10 Å². The van der Waals surface area contributed by atoms with Gasteiger partial charge in [-0.05, 0) is 12.8 Å². The summed E-state index contributed by atoms with van der Waals surface area (Å²) in [5.74, 6) is 0.0127. The third-order valence-corrected chi connectivity index (χ3v) is 5.40. The molecule has 6 nitrogen and oxygen atoms in total. The molecule has 21 heavy (non-hydrogen) atoms. The highest BCUT2D eigenvalue weighted by Gasteiger charge is 2.29. The van der Waals surface area contributed by atoms with Crippen molar-refractivity contribution in [3.05, 3.63) is 17.5 Å². The highest BCUT2D eigenvalue weighted by Crippen LogP contribution is 2.24. The van der Waals surface area contributed by atoms with Crippen molar-refractivity contribution in [3.8, 4) is 0 Å². The Balaban J connectivity index is 2.18. The summed E-state index contributed by atoms with van der Waals surface area (Å²) < 4.78 is 24.9. The lowest BCUT2D eigenvalue weighted by Crippen LogP contribution is -2.43. The standard InChI is InChI=1S/C14H23N3O3S/c1-14(2,3)12-11(8-17(4)16-12)13(18)15-10-6-5-7-21(19,20)9-10/h8,10H,5-7,9H2,1-4H3,(H,15,18). The number of carbonyl (C=O) groups is 1. The maximum Gasteiger partial charge on any atom is 0.255 e. The number of aryl methyl sites for hydroxylation is 1. The average Bonchev–Trinajstić information content (AvgIpc) is 2.70. The van der Waals surface area contributed by atoms with Gasteiger partial charge in [-0.15, -0.1) is 0 Å². The molecule has 0 aromatic carbocycles. The third kappa shape index (κ3) is 3.84. The summed E-state index contributed by atoms with van der Waals surface area (Å²) in [6, 6.07) is -0.302. The van der Waals surface area contributed by atoms with Crippen LogP contribution in [0.15, 0.2) is 6.20 Å². The number of rotatable bonds is 2. The van der Waals surface area contributed by atoms with Crippen LogP contribution in [0.3, 0.4) is 0 Å². The zero-order chi connectivity index (χ0) is 15.8. The predicted molar refractivity (Wildman–Crippen MR) is 81.1 cm³/mol. The largest absolute Gasteiger partial charge is 0.348 e. The number of nitrogens with one attached hydrogen (secondary N) is 1. The molecule has 1 aliphatic rings. The summed E-state index contributed by atoms with van der Waals surface area (Å²) in [6.45, 7) is 5.99. The van der Waals surface area contributed by atoms with Crippen LogP contribution in [-0.2, 0) is 22.3 Å². The fraction of sp³-hybridized carbons (Fsp3) is 0.714. The van der Waals surface area contributed by atoms with Crippen LogP contribution in [-0.4, -0.2) is 41.7 Å². The van der Waals surface area contributed by atoms with Gasteiger partial charge in [0.05, 0.1) is 22.8 Å². The third-order valence-electron chi connectivity index (χ3n) is 3.58. The Labute approximate surface area is 125 Å². The number of aromatic nitrogens is 2. The van der Waals surface area contributed by atoms with Crippen LogP contribution in [0.1, 0.15) is 49.7 Å². The van der Waals surface area contributed by atoms with Crippen LogP contribution in [0.2, 0.25) is 0 Å². The van der Waals surface area contributed by atoms with E-state index in [1.54, 1.807) is 17.9 Å². The van der Waals surface area contributed by atoms with Crippen LogP contribution in [0.5, 0.6) is 0 Å². The number of amides is 1. The van der Waals surface area contributed by atoms with E-state index < -0.39 is 9.84 Å². The lowest BCUT2D eigenvalue weighted by molar-refractivity contribution is 0.0936. The zero-order valence-electron chi connectivity index (χ0n) is 13.0. The molecule has 7 heteroatoms. The molecule has 1 saturated heterocycles. The Kier molecular flexibility index (Phi) is 4.15. The molecule has 2 rings (SSSR count). The van der Waals surface area contributed by atoms with Gasteiger partial charge in [0.2, 0.25) is 0 Å². The first-order valence-corrected chi connectivity index (χ1v) is 8.96. The maximum atomic E-state index is 12.4. The predicted octanol–water partition coefficient (Wildman–Crippen LogP) is 1.02. The van der Waals surface area contributed by atoms with Crippen molar-refractivity contribution < 1.29 is 13.2 Å². The first kappa shape index (κ1) is 16.0. The van der Waals surface area contributed by atoms with Gasteiger partial charge in [0.25, 0.3) is 5.91 Å². The summed E-state index contributed by atoms with van der Waals surface area (Å²) in [6.07, 6.45) is 3.00. The van der Waals surface area contributed by atoms with E-state index in [9.17, 15) is 13.2 Å². The fourth-order valence-corrected chi connectivity index (χ4v) is 4.24. The number of carbonyl (C=O) groups excluding carboxylic acids is 1. The Morgan fingerprint density at radius 3 is 2.67 bits per heavy atom. The molecule has 1 aliphatic heterocycles.